The molecule has 2 N–H and O–H groups in total. The average molecular weight is 154 g/mol. The molecule has 2 atom stereocenters. The van der Waals surface area contributed by atoms with Crippen LogP contribution in [-0.2, 0) is 0 Å². The van der Waals surface area contributed by atoms with Gasteiger partial charge in [-0.1, -0.05) is 13.8 Å². The van der Waals surface area contributed by atoms with Crippen molar-refractivity contribution in [1.29, 1.82) is 0 Å². The van der Waals surface area contributed by atoms with Crippen molar-refractivity contribution in [2.75, 3.05) is 6.61 Å². The van der Waals surface area contributed by atoms with Crippen LogP contribution in [0, 0.1) is 5.92 Å². The summed E-state index contributed by atoms with van der Waals surface area (Å²) >= 11 is 0. The number of hydrogen-bond acceptors (Lipinski definition) is 2. The fourth-order valence-corrected chi connectivity index (χ4v) is 0.954. The third kappa shape index (κ3) is 1.80. The topological polar surface area (TPSA) is 48.9 Å². The van der Waals surface area contributed by atoms with Crippen LogP contribution >= 0.6 is 0 Å². The average Bonchev–Trinajstić information content (AvgIpc) is 2.53. The number of imidazole rings is 1. The summed E-state index contributed by atoms with van der Waals surface area (Å²) in [6, 6.07) is 0. The highest BCUT2D eigenvalue weighted by molar-refractivity contribution is 4.96. The normalized spacial score (nSPS) is 16.3. The zero-order chi connectivity index (χ0) is 8.27. The van der Waals surface area contributed by atoms with Crippen molar-refractivity contribution in [3.8, 4) is 0 Å². The Labute approximate surface area is 66.5 Å². The van der Waals surface area contributed by atoms with Crippen molar-refractivity contribution >= 4 is 0 Å². The van der Waals surface area contributed by atoms with Crippen LogP contribution in [0.5, 0.6) is 0 Å². The first-order chi connectivity index (χ1) is 5.25. The highest BCUT2D eigenvalue weighted by Crippen LogP contribution is 2.19. The van der Waals surface area contributed by atoms with Crippen LogP contribution in [0.2, 0.25) is 0 Å². The van der Waals surface area contributed by atoms with Crippen LogP contribution in [0.4, 0.5) is 0 Å². The molecule has 0 radical (unpaired) electrons. The largest absolute Gasteiger partial charge is 0.396 e. The van der Waals surface area contributed by atoms with E-state index in [0.29, 0.717) is 5.92 Å². The number of aromatic amines is 1. The Kier molecular flexibility index (Phi) is 2.65. The third-order valence-corrected chi connectivity index (χ3v) is 2.09. The Balaban J connectivity index is 2.62. The Hall–Kier alpha value is -0.830. The predicted molar refractivity (Wildman–Crippen MR) is 43.3 cm³/mol. The van der Waals surface area contributed by atoms with Crippen molar-refractivity contribution in [2.45, 2.75) is 19.8 Å². The van der Waals surface area contributed by atoms with Gasteiger partial charge >= 0.3 is 0 Å². The monoisotopic (exact) mass is 154 g/mol. The first-order valence-electron chi connectivity index (χ1n) is 3.85. The van der Waals surface area contributed by atoms with Gasteiger partial charge in [-0.05, 0) is 5.92 Å². The number of aromatic nitrogens is 2. The van der Waals surface area contributed by atoms with E-state index >= 15 is 0 Å². The van der Waals surface area contributed by atoms with Crippen LogP contribution in [-0.4, -0.2) is 21.7 Å². The van der Waals surface area contributed by atoms with Crippen molar-refractivity contribution < 1.29 is 5.11 Å². The van der Waals surface area contributed by atoms with Gasteiger partial charge in [0, 0.05) is 24.9 Å². The number of nitrogens with one attached hydrogen (secondary N) is 1. The Morgan fingerprint density at radius 1 is 1.64 bits per heavy atom. The minimum absolute atomic E-state index is 0.210. The van der Waals surface area contributed by atoms with Crippen molar-refractivity contribution in [1.82, 2.24) is 9.97 Å². The van der Waals surface area contributed by atoms with Gasteiger partial charge in [-0.25, -0.2) is 4.98 Å². The first-order valence-corrected chi connectivity index (χ1v) is 3.85. The van der Waals surface area contributed by atoms with Crippen LogP contribution < -0.4 is 0 Å². The van der Waals surface area contributed by atoms with Crippen LogP contribution in [0.25, 0.3) is 0 Å². The predicted octanol–water partition coefficient (Wildman–Crippen LogP) is 1.14. The van der Waals surface area contributed by atoms with Gasteiger partial charge in [0.25, 0.3) is 0 Å². The van der Waals surface area contributed by atoms with Gasteiger partial charge in [0.2, 0.25) is 0 Å². The van der Waals surface area contributed by atoms with E-state index in [1.165, 1.54) is 0 Å². The molecule has 0 spiro atoms. The number of aliphatic hydroxyl groups is 1. The van der Waals surface area contributed by atoms with E-state index in [1.54, 1.807) is 12.4 Å². The third-order valence-electron chi connectivity index (χ3n) is 2.09. The molecule has 0 aromatic carbocycles. The van der Waals surface area contributed by atoms with Gasteiger partial charge in [-0.3, -0.25) is 0 Å². The summed E-state index contributed by atoms with van der Waals surface area (Å²) < 4.78 is 0. The first kappa shape index (κ1) is 8.27. The molecule has 0 fully saturated rings. The molecule has 1 rings (SSSR count). The second-order valence-corrected chi connectivity index (χ2v) is 2.92. The maximum absolute atomic E-state index is 8.86. The quantitative estimate of drug-likeness (QED) is 0.686. The molecular weight excluding hydrogens is 140 g/mol. The number of hydrogen-bond donors (Lipinski definition) is 2. The lowest BCUT2D eigenvalue weighted by Gasteiger charge is -2.14. The molecule has 62 valence electrons. The molecule has 1 heterocycles. The molecule has 1 aromatic rings. The smallest absolute Gasteiger partial charge is 0.109 e. The van der Waals surface area contributed by atoms with Gasteiger partial charge in [0.15, 0.2) is 0 Å². The molecule has 3 heteroatoms. The minimum atomic E-state index is 0.210. The summed E-state index contributed by atoms with van der Waals surface area (Å²) in [6.45, 7) is 4.27. The summed E-state index contributed by atoms with van der Waals surface area (Å²) in [4.78, 5) is 7.15. The molecule has 0 aliphatic heterocycles. The molecule has 11 heavy (non-hydrogen) atoms. The lowest BCUT2D eigenvalue weighted by Crippen LogP contribution is -2.11. The molecular formula is C8H14N2O. The van der Waals surface area contributed by atoms with Crippen molar-refractivity contribution in [2.24, 2.45) is 5.92 Å². The lowest BCUT2D eigenvalue weighted by molar-refractivity contribution is 0.218. The molecule has 0 bridgehead atoms. The van der Waals surface area contributed by atoms with Gasteiger partial charge in [0.1, 0.15) is 5.82 Å². The van der Waals surface area contributed by atoms with E-state index in [0.717, 1.165) is 5.82 Å². The number of nitrogens with zero attached hydrogens (tertiary/aromatic N) is 1. The van der Waals surface area contributed by atoms with E-state index in [1.807, 2.05) is 6.92 Å². The fourth-order valence-electron chi connectivity index (χ4n) is 0.954. The molecule has 0 aliphatic carbocycles. The van der Waals surface area contributed by atoms with E-state index in [4.69, 9.17) is 5.11 Å². The molecule has 2 unspecified atom stereocenters. The maximum atomic E-state index is 8.86. The van der Waals surface area contributed by atoms with Gasteiger partial charge in [0.05, 0.1) is 0 Å². The molecule has 0 amide bonds. The van der Waals surface area contributed by atoms with Gasteiger partial charge < -0.3 is 10.1 Å². The summed E-state index contributed by atoms with van der Waals surface area (Å²) in [7, 11) is 0. The Morgan fingerprint density at radius 3 is 2.82 bits per heavy atom. The van der Waals surface area contributed by atoms with E-state index in [2.05, 4.69) is 16.9 Å². The zero-order valence-electron chi connectivity index (χ0n) is 6.91. The van der Waals surface area contributed by atoms with Crippen molar-refractivity contribution in [3.63, 3.8) is 0 Å². The van der Waals surface area contributed by atoms with E-state index in [9.17, 15) is 0 Å². The summed E-state index contributed by atoms with van der Waals surface area (Å²) in [6.07, 6.45) is 3.53. The van der Waals surface area contributed by atoms with Crippen molar-refractivity contribution in [3.05, 3.63) is 18.2 Å². The molecule has 0 saturated carbocycles. The van der Waals surface area contributed by atoms with E-state index in [-0.39, 0.29) is 12.5 Å². The fraction of sp³-hybridized carbons (Fsp3) is 0.625. The summed E-state index contributed by atoms with van der Waals surface area (Å²) in [5.74, 6) is 1.52. The lowest BCUT2D eigenvalue weighted by atomic mass is 9.96. The highest BCUT2D eigenvalue weighted by Gasteiger charge is 2.14. The van der Waals surface area contributed by atoms with Gasteiger partial charge in [-0.2, -0.15) is 0 Å². The van der Waals surface area contributed by atoms with E-state index < -0.39 is 0 Å². The Morgan fingerprint density at radius 2 is 2.36 bits per heavy atom. The Bertz CT molecular complexity index is 196. The van der Waals surface area contributed by atoms with Crippen LogP contribution in [0.15, 0.2) is 12.4 Å². The molecule has 0 saturated heterocycles. The molecule has 0 aliphatic rings. The van der Waals surface area contributed by atoms with Crippen LogP contribution in [0.1, 0.15) is 25.6 Å². The number of aliphatic hydroxyl groups excluding tert-OH is 1. The SMILES string of the molecule is CC(CO)C(C)c1ncc[nH]1. The number of rotatable bonds is 3. The summed E-state index contributed by atoms with van der Waals surface area (Å²) in [5.41, 5.74) is 0. The molecule has 3 nitrogen and oxygen atoms in total. The second kappa shape index (κ2) is 3.53. The highest BCUT2D eigenvalue weighted by atomic mass is 16.3. The molecule has 1 aromatic heterocycles. The maximum Gasteiger partial charge on any atom is 0.109 e. The second-order valence-electron chi connectivity index (χ2n) is 2.92. The zero-order valence-corrected chi connectivity index (χ0v) is 6.91. The summed E-state index contributed by atoms with van der Waals surface area (Å²) in [5, 5.41) is 8.86. The standard InChI is InChI=1S/C8H14N2O/c1-6(5-11)7(2)8-9-3-4-10-8/h3-4,6-7,11H,5H2,1-2H3,(H,9,10). The number of H-pyrrole nitrogens is 1. The van der Waals surface area contributed by atoms with Crippen LogP contribution in [0.3, 0.4) is 0 Å². The van der Waals surface area contributed by atoms with Gasteiger partial charge in [-0.15, -0.1) is 0 Å². The minimum Gasteiger partial charge on any atom is -0.396 e.